The van der Waals surface area contributed by atoms with Crippen molar-refractivity contribution in [2.24, 2.45) is 0 Å². The summed E-state index contributed by atoms with van der Waals surface area (Å²) in [6.45, 7) is 2.87. The van der Waals surface area contributed by atoms with E-state index in [-0.39, 0.29) is 11.8 Å². The number of methoxy groups -OCH3 is 1. The largest absolute Gasteiger partial charge is 0.496 e. The molecule has 150 valence electrons. The van der Waals surface area contributed by atoms with E-state index >= 15 is 0 Å². The molecule has 1 aliphatic heterocycles. The first kappa shape index (κ1) is 19.0. The molecule has 1 aromatic heterocycles. The molecular formula is C22H23N3O4. The molecule has 7 nitrogen and oxygen atoms in total. The van der Waals surface area contributed by atoms with Crippen LogP contribution in [0.2, 0.25) is 0 Å². The van der Waals surface area contributed by atoms with E-state index in [4.69, 9.17) is 14.0 Å². The summed E-state index contributed by atoms with van der Waals surface area (Å²) in [5.74, 6) is 2.67. The summed E-state index contributed by atoms with van der Waals surface area (Å²) in [6, 6.07) is 17.1. The Kier molecular flexibility index (Phi) is 5.46. The predicted octanol–water partition coefficient (Wildman–Crippen LogP) is 3.06. The van der Waals surface area contributed by atoms with Gasteiger partial charge in [0.2, 0.25) is 5.89 Å². The molecule has 1 saturated heterocycles. The van der Waals surface area contributed by atoms with E-state index < -0.39 is 6.10 Å². The number of hydrogen-bond donors (Lipinski definition) is 0. The van der Waals surface area contributed by atoms with Crippen molar-refractivity contribution in [2.75, 3.05) is 20.2 Å². The number of likely N-dealkylation sites (tertiary alicyclic amines) is 1. The van der Waals surface area contributed by atoms with Crippen molar-refractivity contribution in [2.45, 2.75) is 25.4 Å². The lowest BCUT2D eigenvalue weighted by molar-refractivity contribution is -0.142. The van der Waals surface area contributed by atoms with Crippen LogP contribution in [-0.2, 0) is 11.2 Å². The second-order valence-corrected chi connectivity index (χ2v) is 7.05. The molecule has 1 atom stereocenters. The van der Waals surface area contributed by atoms with Crippen LogP contribution in [0.1, 0.15) is 30.1 Å². The maximum atomic E-state index is 12.5. The van der Waals surface area contributed by atoms with Crippen molar-refractivity contribution in [3.05, 3.63) is 71.9 Å². The first-order chi connectivity index (χ1) is 14.1. The molecule has 29 heavy (non-hydrogen) atoms. The second-order valence-electron chi connectivity index (χ2n) is 7.05. The Labute approximate surface area is 169 Å². The lowest BCUT2D eigenvalue weighted by atomic mass is 9.99. The zero-order chi connectivity index (χ0) is 20.2. The van der Waals surface area contributed by atoms with Gasteiger partial charge in [0.1, 0.15) is 11.5 Å². The topological polar surface area (TPSA) is 77.7 Å². The molecule has 0 radical (unpaired) electrons. The minimum atomic E-state index is -0.540. The number of nitrogens with zero attached hydrogens (tertiary/aromatic N) is 3. The maximum absolute atomic E-state index is 12.5. The highest BCUT2D eigenvalue weighted by Crippen LogP contribution is 2.28. The number of rotatable bonds is 7. The maximum Gasteiger partial charge on any atom is 0.263 e. The molecule has 2 aromatic carbocycles. The molecule has 1 unspecified atom stereocenters. The third-order valence-corrected chi connectivity index (χ3v) is 4.97. The molecule has 0 N–H and O–H groups in total. The number of carbonyl (C=O) groups is 1. The van der Waals surface area contributed by atoms with Gasteiger partial charge in [-0.15, -0.1) is 0 Å². The molecular weight excluding hydrogens is 370 g/mol. The van der Waals surface area contributed by atoms with Crippen LogP contribution < -0.4 is 9.47 Å². The van der Waals surface area contributed by atoms with Crippen LogP contribution in [0, 0.1) is 0 Å². The first-order valence-corrected chi connectivity index (χ1v) is 9.59. The Hall–Kier alpha value is -3.35. The molecule has 3 aromatic rings. The Morgan fingerprint density at radius 2 is 1.90 bits per heavy atom. The Bertz CT molecular complexity index is 967. The fourth-order valence-corrected chi connectivity index (χ4v) is 3.35. The number of benzene rings is 2. The van der Waals surface area contributed by atoms with Crippen LogP contribution in [0.15, 0.2) is 59.1 Å². The van der Waals surface area contributed by atoms with Gasteiger partial charge in [0, 0.05) is 25.1 Å². The Morgan fingerprint density at radius 1 is 1.17 bits per heavy atom. The van der Waals surface area contributed by atoms with Gasteiger partial charge in [0.05, 0.1) is 13.0 Å². The number of ether oxygens (including phenoxy) is 2. The number of amides is 1. The van der Waals surface area contributed by atoms with Crippen LogP contribution >= 0.6 is 0 Å². The van der Waals surface area contributed by atoms with Gasteiger partial charge in [-0.1, -0.05) is 41.6 Å². The number of para-hydroxylation sites is 2. The van der Waals surface area contributed by atoms with Crippen molar-refractivity contribution in [3.63, 3.8) is 0 Å². The molecule has 1 fully saturated rings. The van der Waals surface area contributed by atoms with E-state index in [1.54, 1.807) is 18.9 Å². The van der Waals surface area contributed by atoms with E-state index in [1.807, 2.05) is 54.6 Å². The summed E-state index contributed by atoms with van der Waals surface area (Å²) in [5, 5.41) is 4.08. The van der Waals surface area contributed by atoms with Gasteiger partial charge in [0.25, 0.3) is 5.91 Å². The minimum Gasteiger partial charge on any atom is -0.496 e. The lowest BCUT2D eigenvalue weighted by Gasteiger charge is -2.38. The fourth-order valence-electron chi connectivity index (χ4n) is 3.35. The third-order valence-electron chi connectivity index (χ3n) is 4.97. The van der Waals surface area contributed by atoms with Gasteiger partial charge in [-0.2, -0.15) is 4.98 Å². The summed E-state index contributed by atoms with van der Waals surface area (Å²) in [6.07, 6.45) is -0.00712. The Morgan fingerprint density at radius 3 is 2.66 bits per heavy atom. The zero-order valence-electron chi connectivity index (χ0n) is 16.4. The van der Waals surface area contributed by atoms with Gasteiger partial charge in [0.15, 0.2) is 11.9 Å². The van der Waals surface area contributed by atoms with Crippen LogP contribution in [-0.4, -0.2) is 47.3 Å². The average molecular weight is 393 g/mol. The Balaban J connectivity index is 1.31. The number of carbonyl (C=O) groups excluding carboxylic acids is 1. The monoisotopic (exact) mass is 393 g/mol. The summed E-state index contributed by atoms with van der Waals surface area (Å²) < 4.78 is 16.5. The van der Waals surface area contributed by atoms with Gasteiger partial charge >= 0.3 is 0 Å². The molecule has 1 aliphatic rings. The second kappa shape index (κ2) is 8.34. The van der Waals surface area contributed by atoms with E-state index in [0.29, 0.717) is 37.0 Å². The SMILES string of the molecule is COc1ccccc1Cc1noc(C2CN(C(=O)C(C)Oc3ccccc3)C2)n1. The highest BCUT2D eigenvalue weighted by atomic mass is 16.5. The molecule has 7 heteroatoms. The highest BCUT2D eigenvalue weighted by Gasteiger charge is 2.37. The molecule has 0 saturated carbocycles. The van der Waals surface area contributed by atoms with Gasteiger partial charge < -0.3 is 18.9 Å². The van der Waals surface area contributed by atoms with E-state index in [9.17, 15) is 4.79 Å². The third kappa shape index (κ3) is 4.23. The van der Waals surface area contributed by atoms with Crippen LogP contribution in [0.5, 0.6) is 11.5 Å². The molecule has 4 rings (SSSR count). The standard InChI is InChI=1S/C22H23N3O4/c1-15(28-18-9-4-3-5-10-18)22(26)25-13-17(14-25)21-23-20(24-29-21)12-16-8-6-7-11-19(16)27-2/h3-11,15,17H,12-14H2,1-2H3. The van der Waals surface area contributed by atoms with Crippen molar-refractivity contribution >= 4 is 5.91 Å². The number of hydrogen-bond acceptors (Lipinski definition) is 6. The van der Waals surface area contributed by atoms with Crippen LogP contribution in [0.4, 0.5) is 0 Å². The van der Waals surface area contributed by atoms with Crippen molar-refractivity contribution in [3.8, 4) is 11.5 Å². The quantitative estimate of drug-likeness (QED) is 0.614. The van der Waals surface area contributed by atoms with Crippen molar-refractivity contribution < 1.29 is 18.8 Å². The summed E-state index contributed by atoms with van der Waals surface area (Å²) >= 11 is 0. The van der Waals surface area contributed by atoms with E-state index in [1.165, 1.54) is 0 Å². The average Bonchev–Trinajstić information content (AvgIpc) is 3.16. The van der Waals surface area contributed by atoms with Crippen LogP contribution in [0.3, 0.4) is 0 Å². The predicted molar refractivity (Wildman–Crippen MR) is 106 cm³/mol. The van der Waals surface area contributed by atoms with Gasteiger partial charge in [-0.25, -0.2) is 0 Å². The van der Waals surface area contributed by atoms with Crippen molar-refractivity contribution in [1.29, 1.82) is 0 Å². The molecule has 2 heterocycles. The smallest absolute Gasteiger partial charge is 0.263 e. The molecule has 0 spiro atoms. The summed E-state index contributed by atoms with van der Waals surface area (Å²) in [5.41, 5.74) is 1.000. The summed E-state index contributed by atoms with van der Waals surface area (Å²) in [7, 11) is 1.64. The fraction of sp³-hybridized carbons (Fsp3) is 0.318. The van der Waals surface area contributed by atoms with Gasteiger partial charge in [-0.3, -0.25) is 4.79 Å². The highest BCUT2D eigenvalue weighted by molar-refractivity contribution is 5.81. The minimum absolute atomic E-state index is 0.0427. The number of aromatic nitrogens is 2. The van der Waals surface area contributed by atoms with Crippen LogP contribution in [0.25, 0.3) is 0 Å². The normalized spacial score (nSPS) is 14.9. The molecule has 1 amide bonds. The van der Waals surface area contributed by atoms with Crippen molar-refractivity contribution in [1.82, 2.24) is 15.0 Å². The lowest BCUT2D eigenvalue weighted by Crippen LogP contribution is -2.52. The first-order valence-electron chi connectivity index (χ1n) is 9.59. The van der Waals surface area contributed by atoms with E-state index in [0.717, 1.165) is 11.3 Å². The zero-order valence-corrected chi connectivity index (χ0v) is 16.4. The molecule has 0 bridgehead atoms. The van der Waals surface area contributed by atoms with E-state index in [2.05, 4.69) is 10.1 Å². The summed E-state index contributed by atoms with van der Waals surface area (Å²) in [4.78, 5) is 18.8. The van der Waals surface area contributed by atoms with Gasteiger partial charge in [-0.05, 0) is 25.1 Å². The molecule has 0 aliphatic carbocycles.